The zero-order valence-electron chi connectivity index (χ0n) is 15.9. The van der Waals surface area contributed by atoms with E-state index in [1.54, 1.807) is 6.07 Å². The lowest BCUT2D eigenvalue weighted by molar-refractivity contribution is -0.115. The number of benzene rings is 2. The number of thioether (sulfide) groups is 1. The van der Waals surface area contributed by atoms with Crippen molar-refractivity contribution in [2.75, 3.05) is 13.2 Å². The molecule has 0 unspecified atom stereocenters. The molecule has 1 heterocycles. The SMILES string of the molecule is CCOc1ccc(/C=C2\SC(=Nc3ccc(C)c(Cl)c3)NC2=O)cc1OCC. The van der Waals surface area contributed by atoms with Gasteiger partial charge in [-0.1, -0.05) is 23.7 Å². The van der Waals surface area contributed by atoms with Crippen molar-refractivity contribution in [3.8, 4) is 11.5 Å². The number of carbonyl (C=O) groups is 1. The van der Waals surface area contributed by atoms with Crippen molar-refractivity contribution >= 4 is 46.2 Å². The fourth-order valence-corrected chi connectivity index (χ4v) is 3.57. The molecule has 0 bridgehead atoms. The zero-order chi connectivity index (χ0) is 20.1. The van der Waals surface area contributed by atoms with Gasteiger partial charge in [-0.2, -0.15) is 0 Å². The number of carbonyl (C=O) groups excluding carboxylic acids is 1. The number of halogens is 1. The van der Waals surface area contributed by atoms with E-state index >= 15 is 0 Å². The number of amides is 1. The van der Waals surface area contributed by atoms with Gasteiger partial charge in [0.15, 0.2) is 16.7 Å². The molecule has 3 rings (SSSR count). The number of ether oxygens (including phenoxy) is 2. The number of nitrogens with zero attached hydrogens (tertiary/aromatic N) is 1. The van der Waals surface area contributed by atoms with Gasteiger partial charge in [-0.3, -0.25) is 4.79 Å². The van der Waals surface area contributed by atoms with Gasteiger partial charge in [0.25, 0.3) is 5.91 Å². The Morgan fingerprint density at radius 2 is 1.86 bits per heavy atom. The quantitative estimate of drug-likeness (QED) is 0.646. The van der Waals surface area contributed by atoms with Crippen molar-refractivity contribution < 1.29 is 14.3 Å². The number of aryl methyl sites for hydroxylation is 1. The number of aliphatic imine (C=N–C) groups is 1. The highest BCUT2D eigenvalue weighted by molar-refractivity contribution is 8.18. The summed E-state index contributed by atoms with van der Waals surface area (Å²) in [5.74, 6) is 1.16. The average Bonchev–Trinajstić information content (AvgIpc) is 3.00. The maximum atomic E-state index is 12.3. The zero-order valence-corrected chi connectivity index (χ0v) is 17.5. The Balaban J connectivity index is 1.83. The minimum Gasteiger partial charge on any atom is -0.490 e. The lowest BCUT2D eigenvalue weighted by Gasteiger charge is -2.11. The third-order valence-corrected chi connectivity index (χ3v) is 5.22. The lowest BCUT2D eigenvalue weighted by atomic mass is 10.2. The minimum atomic E-state index is -0.186. The standard InChI is InChI=1S/C21H21ClN2O3S/c1-4-26-17-9-7-14(10-18(17)27-5-2)11-19-20(25)24-21(28-19)23-15-8-6-13(3)16(22)12-15/h6-12H,4-5H2,1-3H3,(H,23,24,25)/b19-11-. The van der Waals surface area contributed by atoms with E-state index in [-0.39, 0.29) is 5.91 Å². The summed E-state index contributed by atoms with van der Waals surface area (Å²) in [4.78, 5) is 17.3. The highest BCUT2D eigenvalue weighted by atomic mass is 35.5. The smallest absolute Gasteiger partial charge is 0.264 e. The fourth-order valence-electron chi connectivity index (χ4n) is 2.56. The molecule has 2 aromatic carbocycles. The number of amidine groups is 1. The van der Waals surface area contributed by atoms with Crippen LogP contribution in [0.3, 0.4) is 0 Å². The van der Waals surface area contributed by atoms with Crippen molar-refractivity contribution in [2.45, 2.75) is 20.8 Å². The van der Waals surface area contributed by atoms with E-state index < -0.39 is 0 Å². The molecule has 0 aliphatic carbocycles. The molecule has 1 N–H and O–H groups in total. The van der Waals surface area contributed by atoms with E-state index in [1.807, 2.05) is 57.2 Å². The maximum absolute atomic E-state index is 12.3. The van der Waals surface area contributed by atoms with Crippen molar-refractivity contribution in [1.82, 2.24) is 5.32 Å². The van der Waals surface area contributed by atoms with Crippen molar-refractivity contribution in [1.29, 1.82) is 0 Å². The van der Waals surface area contributed by atoms with Crippen LogP contribution in [0.5, 0.6) is 11.5 Å². The van der Waals surface area contributed by atoms with Gasteiger partial charge in [0, 0.05) is 5.02 Å². The molecule has 2 aromatic rings. The molecule has 1 amide bonds. The first-order valence-corrected chi connectivity index (χ1v) is 10.1. The molecule has 7 heteroatoms. The van der Waals surface area contributed by atoms with Gasteiger partial charge in [0.2, 0.25) is 0 Å². The Morgan fingerprint density at radius 3 is 2.57 bits per heavy atom. The van der Waals surface area contributed by atoms with Crippen molar-refractivity contribution in [3.63, 3.8) is 0 Å². The predicted octanol–water partition coefficient (Wildman–Crippen LogP) is 5.34. The summed E-state index contributed by atoms with van der Waals surface area (Å²) in [6.07, 6.45) is 1.81. The third kappa shape index (κ3) is 4.88. The van der Waals surface area contributed by atoms with Gasteiger partial charge in [-0.25, -0.2) is 4.99 Å². The van der Waals surface area contributed by atoms with Crippen LogP contribution in [0.1, 0.15) is 25.0 Å². The Hall–Kier alpha value is -2.44. The summed E-state index contributed by atoms with van der Waals surface area (Å²) < 4.78 is 11.2. The number of nitrogens with one attached hydrogen (secondary N) is 1. The lowest BCUT2D eigenvalue weighted by Crippen LogP contribution is -2.19. The van der Waals surface area contributed by atoms with E-state index in [4.69, 9.17) is 21.1 Å². The van der Waals surface area contributed by atoms with Gasteiger partial charge in [0.1, 0.15) is 0 Å². The second kappa shape index (κ2) is 9.17. The molecule has 1 aliphatic heterocycles. The van der Waals surface area contributed by atoms with E-state index in [0.717, 1.165) is 11.1 Å². The molecule has 146 valence electrons. The highest BCUT2D eigenvalue weighted by Crippen LogP contribution is 2.33. The van der Waals surface area contributed by atoms with Crippen LogP contribution in [0.25, 0.3) is 6.08 Å². The van der Waals surface area contributed by atoms with Crippen LogP contribution in [-0.2, 0) is 4.79 Å². The van der Waals surface area contributed by atoms with E-state index in [1.165, 1.54) is 11.8 Å². The van der Waals surface area contributed by atoms with Crippen LogP contribution < -0.4 is 14.8 Å². The molecule has 0 atom stereocenters. The second-order valence-corrected chi connectivity index (χ2v) is 7.43. The molecule has 0 radical (unpaired) electrons. The Kier molecular flexibility index (Phi) is 6.65. The number of hydrogen-bond acceptors (Lipinski definition) is 5. The molecule has 1 fully saturated rings. The molecule has 0 saturated carbocycles. The van der Waals surface area contributed by atoms with E-state index in [2.05, 4.69) is 10.3 Å². The van der Waals surface area contributed by atoms with Gasteiger partial charge in [-0.15, -0.1) is 0 Å². The van der Waals surface area contributed by atoms with Crippen molar-refractivity contribution in [2.24, 2.45) is 4.99 Å². The van der Waals surface area contributed by atoms with Crippen LogP contribution >= 0.6 is 23.4 Å². The summed E-state index contributed by atoms with van der Waals surface area (Å²) in [5, 5.41) is 3.95. The summed E-state index contributed by atoms with van der Waals surface area (Å²) in [7, 11) is 0. The Labute approximate surface area is 173 Å². The average molecular weight is 417 g/mol. The first kappa shape index (κ1) is 20.3. The number of rotatable bonds is 6. The fraction of sp³-hybridized carbons (Fsp3) is 0.238. The molecule has 0 spiro atoms. The summed E-state index contributed by atoms with van der Waals surface area (Å²) in [6, 6.07) is 11.1. The normalized spacial score (nSPS) is 16.5. The highest BCUT2D eigenvalue weighted by Gasteiger charge is 2.24. The van der Waals surface area contributed by atoms with Crippen molar-refractivity contribution in [3.05, 3.63) is 57.5 Å². The number of hydrogen-bond donors (Lipinski definition) is 1. The predicted molar refractivity (Wildman–Crippen MR) is 116 cm³/mol. The largest absolute Gasteiger partial charge is 0.490 e. The summed E-state index contributed by atoms with van der Waals surface area (Å²) in [6.45, 7) is 6.86. The van der Waals surface area contributed by atoms with Crippen LogP contribution in [0.4, 0.5) is 5.69 Å². The molecule has 5 nitrogen and oxygen atoms in total. The summed E-state index contributed by atoms with van der Waals surface area (Å²) >= 11 is 7.43. The van der Waals surface area contributed by atoms with Crippen LogP contribution in [0.2, 0.25) is 5.02 Å². The summed E-state index contributed by atoms with van der Waals surface area (Å²) in [5.41, 5.74) is 2.53. The van der Waals surface area contributed by atoms with Gasteiger partial charge in [0.05, 0.1) is 23.8 Å². The first-order chi connectivity index (χ1) is 13.5. The Bertz CT molecular complexity index is 957. The Morgan fingerprint density at radius 1 is 1.11 bits per heavy atom. The molecule has 0 aromatic heterocycles. The van der Waals surface area contributed by atoms with Crippen LogP contribution in [-0.4, -0.2) is 24.3 Å². The van der Waals surface area contributed by atoms with E-state index in [9.17, 15) is 4.79 Å². The maximum Gasteiger partial charge on any atom is 0.264 e. The third-order valence-electron chi connectivity index (χ3n) is 3.90. The van der Waals surface area contributed by atoms with Gasteiger partial charge in [-0.05, 0) is 74.0 Å². The monoisotopic (exact) mass is 416 g/mol. The first-order valence-electron chi connectivity index (χ1n) is 8.95. The second-order valence-electron chi connectivity index (χ2n) is 5.99. The molecule has 1 aliphatic rings. The minimum absolute atomic E-state index is 0.186. The molecule has 1 saturated heterocycles. The van der Waals surface area contributed by atoms with Gasteiger partial charge >= 0.3 is 0 Å². The molecular formula is C21H21ClN2O3S. The van der Waals surface area contributed by atoms with E-state index in [0.29, 0.717) is 45.5 Å². The van der Waals surface area contributed by atoms with Crippen LogP contribution in [0.15, 0.2) is 46.3 Å². The molecular weight excluding hydrogens is 396 g/mol. The topological polar surface area (TPSA) is 59.9 Å². The molecule has 28 heavy (non-hydrogen) atoms. The van der Waals surface area contributed by atoms with Gasteiger partial charge < -0.3 is 14.8 Å². The van der Waals surface area contributed by atoms with Crippen LogP contribution in [0, 0.1) is 6.92 Å².